The molecular weight excluding hydrogens is 246 g/mol. The van der Waals surface area contributed by atoms with Crippen molar-refractivity contribution in [3.05, 3.63) is 32.6 Å². The molecule has 0 saturated heterocycles. The Morgan fingerprint density at radius 2 is 2.17 bits per heavy atom. The van der Waals surface area contributed by atoms with Crippen molar-refractivity contribution in [3.63, 3.8) is 0 Å². The maximum atomic E-state index is 11.6. The molecule has 1 unspecified atom stereocenters. The zero-order valence-electron chi connectivity index (χ0n) is 9.35. The van der Waals surface area contributed by atoms with Gasteiger partial charge in [-0.3, -0.25) is 14.6 Å². The summed E-state index contributed by atoms with van der Waals surface area (Å²) in [4.78, 5) is 48.3. The van der Waals surface area contributed by atoms with Gasteiger partial charge in [0.1, 0.15) is 5.56 Å². The highest BCUT2D eigenvalue weighted by Gasteiger charge is 2.21. The lowest BCUT2D eigenvalue weighted by Gasteiger charge is -2.12. The summed E-state index contributed by atoms with van der Waals surface area (Å²) in [6.45, 7) is -0.248. The van der Waals surface area contributed by atoms with Crippen LogP contribution in [0.15, 0.2) is 15.8 Å². The number of aromatic amines is 2. The summed E-state index contributed by atoms with van der Waals surface area (Å²) in [5, 5.41) is 10.9. The number of nitrogens with one attached hydrogen (secondary N) is 3. The first-order valence-electron chi connectivity index (χ1n) is 4.80. The molecule has 0 aliphatic heterocycles. The number of aromatic nitrogens is 2. The van der Waals surface area contributed by atoms with Gasteiger partial charge in [0, 0.05) is 13.3 Å². The van der Waals surface area contributed by atoms with Gasteiger partial charge < -0.3 is 20.1 Å². The lowest BCUT2D eigenvalue weighted by atomic mass is 10.2. The number of carbonyl (C=O) groups is 2. The molecular formula is C9H11N3O6. The van der Waals surface area contributed by atoms with E-state index in [0.29, 0.717) is 0 Å². The number of amides is 1. The van der Waals surface area contributed by atoms with Gasteiger partial charge in [-0.25, -0.2) is 9.59 Å². The van der Waals surface area contributed by atoms with Crippen molar-refractivity contribution in [2.24, 2.45) is 0 Å². The Bertz CT molecular complexity index is 560. The molecule has 1 aromatic heterocycles. The van der Waals surface area contributed by atoms with Gasteiger partial charge >= 0.3 is 11.7 Å². The van der Waals surface area contributed by atoms with Crippen LogP contribution in [-0.4, -0.2) is 46.7 Å². The van der Waals surface area contributed by atoms with E-state index in [-0.39, 0.29) is 6.61 Å². The van der Waals surface area contributed by atoms with Crippen LogP contribution in [0.1, 0.15) is 10.4 Å². The molecule has 0 radical (unpaired) electrons. The zero-order valence-corrected chi connectivity index (χ0v) is 9.35. The minimum atomic E-state index is -1.30. The molecule has 0 saturated carbocycles. The lowest BCUT2D eigenvalue weighted by molar-refractivity contribution is -0.140. The highest BCUT2D eigenvalue weighted by molar-refractivity contribution is 5.95. The standard InChI is InChI=1S/C9H11N3O6/c1-18-3-5(8(15)16)11-6(13)4-2-10-9(17)12-7(4)14/h2,5H,3H2,1H3,(H,11,13)(H,15,16)(H2,10,12,14,17). The molecule has 0 fully saturated rings. The fraction of sp³-hybridized carbons (Fsp3) is 0.333. The maximum Gasteiger partial charge on any atom is 0.328 e. The maximum absolute atomic E-state index is 11.6. The largest absolute Gasteiger partial charge is 0.480 e. The monoisotopic (exact) mass is 257 g/mol. The normalized spacial score (nSPS) is 11.8. The molecule has 1 aromatic rings. The van der Waals surface area contributed by atoms with Crippen molar-refractivity contribution in [3.8, 4) is 0 Å². The van der Waals surface area contributed by atoms with Gasteiger partial charge in [0.25, 0.3) is 11.5 Å². The first-order valence-corrected chi connectivity index (χ1v) is 4.80. The van der Waals surface area contributed by atoms with E-state index in [9.17, 15) is 19.2 Å². The van der Waals surface area contributed by atoms with E-state index in [4.69, 9.17) is 5.11 Å². The van der Waals surface area contributed by atoms with Gasteiger partial charge in [0.15, 0.2) is 6.04 Å². The molecule has 1 heterocycles. The second-order valence-corrected chi connectivity index (χ2v) is 3.31. The van der Waals surface area contributed by atoms with Gasteiger partial charge in [-0.15, -0.1) is 0 Å². The molecule has 0 aliphatic rings. The predicted octanol–water partition coefficient (Wildman–Crippen LogP) is -2.11. The number of aliphatic carboxylic acids is 1. The van der Waals surface area contributed by atoms with Crippen molar-refractivity contribution in [1.82, 2.24) is 15.3 Å². The van der Waals surface area contributed by atoms with Crippen molar-refractivity contribution in [1.29, 1.82) is 0 Å². The average molecular weight is 257 g/mol. The second-order valence-electron chi connectivity index (χ2n) is 3.31. The van der Waals surface area contributed by atoms with E-state index < -0.39 is 34.7 Å². The molecule has 98 valence electrons. The second kappa shape index (κ2) is 5.77. The van der Waals surface area contributed by atoms with Crippen LogP contribution in [0.4, 0.5) is 0 Å². The Kier molecular flexibility index (Phi) is 4.38. The number of methoxy groups -OCH3 is 1. The van der Waals surface area contributed by atoms with Crippen molar-refractivity contribution >= 4 is 11.9 Å². The van der Waals surface area contributed by atoms with E-state index in [1.807, 2.05) is 4.98 Å². The molecule has 1 amide bonds. The summed E-state index contributed by atoms with van der Waals surface area (Å²) in [5.41, 5.74) is -2.06. The highest BCUT2D eigenvalue weighted by Crippen LogP contribution is 1.91. The summed E-state index contributed by atoms with van der Waals surface area (Å²) in [6.07, 6.45) is 0.905. The van der Waals surface area contributed by atoms with Crippen molar-refractivity contribution < 1.29 is 19.4 Å². The van der Waals surface area contributed by atoms with Gasteiger partial charge in [-0.05, 0) is 0 Å². The number of carboxylic acid groups (broad SMARTS) is 1. The van der Waals surface area contributed by atoms with Crippen LogP contribution in [0.2, 0.25) is 0 Å². The van der Waals surface area contributed by atoms with E-state index in [2.05, 4.69) is 15.0 Å². The molecule has 0 aromatic carbocycles. The van der Waals surface area contributed by atoms with E-state index in [0.717, 1.165) is 6.20 Å². The van der Waals surface area contributed by atoms with Crippen LogP contribution in [0.3, 0.4) is 0 Å². The SMILES string of the molecule is COCC(NC(=O)c1c[nH]c(=O)[nH]c1=O)C(=O)O. The Labute approximate surface area is 99.8 Å². The Morgan fingerprint density at radius 3 is 2.67 bits per heavy atom. The summed E-state index contributed by atoms with van der Waals surface area (Å²) in [7, 11) is 1.27. The number of hydrogen-bond donors (Lipinski definition) is 4. The summed E-state index contributed by atoms with van der Waals surface area (Å²) >= 11 is 0. The van der Waals surface area contributed by atoms with Gasteiger partial charge in [0.05, 0.1) is 6.61 Å². The number of H-pyrrole nitrogens is 2. The fourth-order valence-corrected chi connectivity index (χ4v) is 1.16. The van der Waals surface area contributed by atoms with Crippen LogP contribution in [0, 0.1) is 0 Å². The third kappa shape index (κ3) is 3.28. The van der Waals surface area contributed by atoms with Crippen molar-refractivity contribution in [2.75, 3.05) is 13.7 Å². The zero-order chi connectivity index (χ0) is 13.7. The number of ether oxygens (including phenoxy) is 1. The number of rotatable bonds is 5. The van der Waals surface area contributed by atoms with Gasteiger partial charge in [-0.1, -0.05) is 0 Å². The minimum absolute atomic E-state index is 0.248. The summed E-state index contributed by atoms with van der Waals surface area (Å²) < 4.78 is 4.61. The van der Waals surface area contributed by atoms with E-state index >= 15 is 0 Å². The topological polar surface area (TPSA) is 141 Å². The van der Waals surface area contributed by atoms with Crippen LogP contribution in [-0.2, 0) is 9.53 Å². The molecule has 18 heavy (non-hydrogen) atoms. The van der Waals surface area contributed by atoms with Gasteiger partial charge in [-0.2, -0.15) is 0 Å². The Balaban J connectivity index is 2.90. The molecule has 9 heteroatoms. The minimum Gasteiger partial charge on any atom is -0.480 e. The third-order valence-corrected chi connectivity index (χ3v) is 2.00. The average Bonchev–Trinajstić information content (AvgIpc) is 2.27. The number of carbonyl (C=O) groups excluding carboxylic acids is 1. The molecule has 9 nitrogen and oxygen atoms in total. The fourth-order valence-electron chi connectivity index (χ4n) is 1.16. The first-order chi connectivity index (χ1) is 8.45. The van der Waals surface area contributed by atoms with E-state index in [1.165, 1.54) is 7.11 Å². The molecule has 0 spiro atoms. The van der Waals surface area contributed by atoms with Crippen LogP contribution in [0.25, 0.3) is 0 Å². The smallest absolute Gasteiger partial charge is 0.328 e. The summed E-state index contributed by atoms with van der Waals surface area (Å²) in [5.74, 6) is -2.22. The Hall–Kier alpha value is -2.42. The third-order valence-electron chi connectivity index (χ3n) is 2.00. The Morgan fingerprint density at radius 1 is 1.50 bits per heavy atom. The van der Waals surface area contributed by atoms with Gasteiger partial charge in [0.2, 0.25) is 0 Å². The first kappa shape index (κ1) is 13.6. The molecule has 1 atom stereocenters. The predicted molar refractivity (Wildman–Crippen MR) is 58.4 cm³/mol. The molecule has 4 N–H and O–H groups in total. The van der Waals surface area contributed by atoms with Crippen LogP contribution < -0.4 is 16.6 Å². The van der Waals surface area contributed by atoms with Crippen molar-refractivity contribution in [2.45, 2.75) is 6.04 Å². The van der Waals surface area contributed by atoms with Crippen LogP contribution in [0.5, 0.6) is 0 Å². The van der Waals surface area contributed by atoms with Crippen LogP contribution >= 0.6 is 0 Å². The number of carboxylic acids is 1. The molecule has 0 bridgehead atoms. The number of hydrogen-bond acceptors (Lipinski definition) is 5. The summed E-state index contributed by atoms with van der Waals surface area (Å²) in [6, 6.07) is -1.28. The molecule has 0 aliphatic carbocycles. The highest BCUT2D eigenvalue weighted by atomic mass is 16.5. The van der Waals surface area contributed by atoms with E-state index in [1.54, 1.807) is 0 Å². The molecule has 1 rings (SSSR count). The quantitative estimate of drug-likeness (QED) is 0.475. The lowest BCUT2D eigenvalue weighted by Crippen LogP contribution is -2.45.